The van der Waals surface area contributed by atoms with Gasteiger partial charge in [0.1, 0.15) is 0 Å². The summed E-state index contributed by atoms with van der Waals surface area (Å²) in [6, 6.07) is 6.41. The summed E-state index contributed by atoms with van der Waals surface area (Å²) in [6.07, 6.45) is -0.123. The van der Waals surface area contributed by atoms with E-state index in [0.29, 0.717) is 11.3 Å². The minimum Gasteiger partial charge on any atom is -0.481 e. The van der Waals surface area contributed by atoms with Crippen LogP contribution >= 0.6 is 12.6 Å². The zero-order valence-corrected chi connectivity index (χ0v) is 8.78. The minimum atomic E-state index is -1.04. The molecule has 0 aliphatic carbocycles. The van der Waals surface area contributed by atoms with Gasteiger partial charge in [-0.15, -0.1) is 12.6 Å². The predicted molar refractivity (Wildman–Crippen MR) is 59.8 cm³/mol. The number of nitrogen functional groups attached to an aromatic ring is 1. The smallest absolute Gasteiger partial charge is 0.311 e. The monoisotopic (exact) mass is 225 g/mol. The van der Waals surface area contributed by atoms with E-state index in [1.807, 2.05) is 0 Å². The molecule has 1 rings (SSSR count). The van der Waals surface area contributed by atoms with Crippen molar-refractivity contribution in [3.05, 3.63) is 29.8 Å². The maximum absolute atomic E-state index is 10.9. The molecule has 0 bridgehead atoms. The van der Waals surface area contributed by atoms with Crippen LogP contribution in [0.2, 0.25) is 0 Å². The highest BCUT2D eigenvalue weighted by molar-refractivity contribution is 7.96. The van der Waals surface area contributed by atoms with Gasteiger partial charge in [0.25, 0.3) is 0 Å². The van der Waals surface area contributed by atoms with Gasteiger partial charge in [-0.2, -0.15) is 0 Å². The van der Waals surface area contributed by atoms with E-state index in [2.05, 4.69) is 12.6 Å². The van der Waals surface area contributed by atoms with Crippen molar-refractivity contribution in [3.63, 3.8) is 0 Å². The Balaban J connectivity index is 2.94. The van der Waals surface area contributed by atoms with Crippen molar-refractivity contribution in [3.8, 4) is 0 Å². The molecule has 4 nitrogen and oxygen atoms in total. The molecule has 1 atom stereocenters. The van der Waals surface area contributed by atoms with Crippen molar-refractivity contribution in [2.75, 3.05) is 5.73 Å². The molecule has 0 radical (unpaired) electrons. The van der Waals surface area contributed by atoms with E-state index in [1.54, 1.807) is 24.3 Å². The number of carboxylic acid groups (broad SMARTS) is 1. The molecule has 1 aromatic carbocycles. The second-order valence-electron chi connectivity index (χ2n) is 3.16. The lowest BCUT2D eigenvalue weighted by atomic mass is 9.96. The number of hydrogen-bond donors (Lipinski definition) is 3. The first-order valence-electron chi connectivity index (χ1n) is 4.30. The minimum absolute atomic E-state index is 0.123. The summed E-state index contributed by atoms with van der Waals surface area (Å²) >= 11 is 3.58. The van der Waals surface area contributed by atoms with Gasteiger partial charge >= 0.3 is 5.97 Å². The van der Waals surface area contributed by atoms with Gasteiger partial charge in [0.15, 0.2) is 5.12 Å². The lowest BCUT2D eigenvalue weighted by molar-refractivity contribution is -0.139. The Morgan fingerprint density at radius 1 is 1.33 bits per heavy atom. The Kier molecular flexibility index (Phi) is 3.74. The summed E-state index contributed by atoms with van der Waals surface area (Å²) in [5.41, 5.74) is 6.59. The third kappa shape index (κ3) is 3.28. The van der Waals surface area contributed by atoms with Gasteiger partial charge in [0, 0.05) is 12.1 Å². The van der Waals surface area contributed by atoms with Crippen LogP contribution in [0, 0.1) is 0 Å². The van der Waals surface area contributed by atoms with Crippen LogP contribution < -0.4 is 5.73 Å². The fourth-order valence-corrected chi connectivity index (χ4v) is 1.43. The lowest BCUT2D eigenvalue weighted by Crippen LogP contribution is -2.14. The highest BCUT2D eigenvalue weighted by Crippen LogP contribution is 2.22. The molecule has 0 fully saturated rings. The first-order chi connectivity index (χ1) is 7.00. The zero-order chi connectivity index (χ0) is 11.4. The quantitative estimate of drug-likeness (QED) is 0.532. The van der Waals surface area contributed by atoms with E-state index in [9.17, 15) is 9.59 Å². The van der Waals surface area contributed by atoms with Crippen molar-refractivity contribution in [1.29, 1.82) is 0 Å². The van der Waals surface area contributed by atoms with Gasteiger partial charge in [-0.05, 0) is 17.7 Å². The van der Waals surface area contributed by atoms with Gasteiger partial charge in [-0.1, -0.05) is 12.1 Å². The molecular formula is C10H11NO3S. The summed E-state index contributed by atoms with van der Waals surface area (Å²) < 4.78 is 0. The number of benzene rings is 1. The number of carboxylic acids is 1. The molecule has 0 saturated heterocycles. The van der Waals surface area contributed by atoms with Crippen LogP contribution in [0.4, 0.5) is 5.69 Å². The summed E-state index contributed by atoms with van der Waals surface area (Å²) in [7, 11) is 0. The van der Waals surface area contributed by atoms with E-state index in [-0.39, 0.29) is 6.42 Å². The Morgan fingerprint density at radius 2 is 1.87 bits per heavy atom. The first kappa shape index (κ1) is 11.6. The third-order valence-corrected chi connectivity index (χ3v) is 2.20. The fraction of sp³-hybridized carbons (Fsp3) is 0.200. The molecule has 5 heteroatoms. The molecule has 3 N–H and O–H groups in total. The van der Waals surface area contributed by atoms with Crippen molar-refractivity contribution in [2.45, 2.75) is 12.3 Å². The zero-order valence-electron chi connectivity index (χ0n) is 7.88. The number of thiol groups is 1. The molecule has 15 heavy (non-hydrogen) atoms. The number of hydrogen-bond acceptors (Lipinski definition) is 3. The molecule has 0 heterocycles. The SMILES string of the molecule is Nc1ccc(C(CC(=O)S)C(=O)O)cc1. The van der Waals surface area contributed by atoms with Gasteiger partial charge in [0.05, 0.1) is 5.92 Å². The topological polar surface area (TPSA) is 80.4 Å². The van der Waals surface area contributed by atoms with E-state index in [0.717, 1.165) is 0 Å². The molecule has 0 spiro atoms. The summed E-state index contributed by atoms with van der Waals surface area (Å²) in [5.74, 6) is -1.89. The number of rotatable bonds is 4. The van der Waals surface area contributed by atoms with Gasteiger partial charge in [-0.3, -0.25) is 9.59 Å². The number of nitrogens with two attached hydrogens (primary N) is 1. The second-order valence-corrected chi connectivity index (χ2v) is 3.65. The lowest BCUT2D eigenvalue weighted by Gasteiger charge is -2.10. The molecule has 1 unspecified atom stereocenters. The van der Waals surface area contributed by atoms with E-state index in [4.69, 9.17) is 10.8 Å². The second kappa shape index (κ2) is 4.84. The molecule has 0 amide bonds. The largest absolute Gasteiger partial charge is 0.481 e. The Bertz CT molecular complexity index is 375. The maximum atomic E-state index is 10.9. The average molecular weight is 225 g/mol. The number of carbonyl (C=O) groups is 2. The maximum Gasteiger partial charge on any atom is 0.311 e. The average Bonchev–Trinajstić information content (AvgIpc) is 2.15. The summed E-state index contributed by atoms with van der Waals surface area (Å²) in [5, 5.41) is 8.48. The van der Waals surface area contributed by atoms with E-state index < -0.39 is 17.0 Å². The van der Waals surface area contributed by atoms with Crippen LogP contribution in [0.25, 0.3) is 0 Å². The molecule has 0 aliphatic rings. The first-order valence-corrected chi connectivity index (χ1v) is 4.75. The van der Waals surface area contributed by atoms with Crippen LogP contribution in [0.3, 0.4) is 0 Å². The molecule has 80 valence electrons. The molecular weight excluding hydrogens is 214 g/mol. The van der Waals surface area contributed by atoms with Crippen molar-refractivity contribution in [2.24, 2.45) is 0 Å². The van der Waals surface area contributed by atoms with Gasteiger partial charge in [0.2, 0.25) is 0 Å². The molecule has 0 aromatic heterocycles. The predicted octanol–water partition coefficient (Wildman–Crippen LogP) is 1.28. The van der Waals surface area contributed by atoms with Crippen molar-refractivity contribution in [1.82, 2.24) is 0 Å². The number of carbonyl (C=O) groups excluding carboxylic acids is 1. The van der Waals surface area contributed by atoms with E-state index in [1.165, 1.54) is 0 Å². The van der Waals surface area contributed by atoms with E-state index >= 15 is 0 Å². The Morgan fingerprint density at radius 3 is 2.27 bits per heavy atom. The van der Waals surface area contributed by atoms with Crippen molar-refractivity contribution < 1.29 is 14.7 Å². The fourth-order valence-electron chi connectivity index (χ4n) is 1.25. The van der Waals surface area contributed by atoms with Gasteiger partial charge < -0.3 is 10.8 Å². The summed E-state index contributed by atoms with van der Waals surface area (Å²) in [6.45, 7) is 0. The Labute approximate surface area is 92.5 Å². The van der Waals surface area contributed by atoms with Gasteiger partial charge in [-0.25, -0.2) is 0 Å². The van der Waals surface area contributed by atoms with Crippen LogP contribution in [0.1, 0.15) is 17.9 Å². The standard InChI is InChI=1S/C10H11NO3S/c11-7-3-1-6(2-4-7)8(10(13)14)5-9(12)15/h1-4,8H,5,11H2,(H,12,15)(H,13,14). The molecule has 0 aliphatic heterocycles. The van der Waals surface area contributed by atoms with Crippen molar-refractivity contribution >= 4 is 29.4 Å². The van der Waals surface area contributed by atoms with Crippen LogP contribution in [0.15, 0.2) is 24.3 Å². The summed E-state index contributed by atoms with van der Waals surface area (Å²) in [4.78, 5) is 21.7. The number of anilines is 1. The Hall–Kier alpha value is -1.49. The normalized spacial score (nSPS) is 12.1. The highest BCUT2D eigenvalue weighted by Gasteiger charge is 2.21. The molecule has 1 aromatic rings. The third-order valence-electron chi connectivity index (χ3n) is 2.02. The van der Waals surface area contributed by atoms with Crippen LogP contribution in [-0.2, 0) is 9.59 Å². The number of aliphatic carboxylic acids is 1. The van der Waals surface area contributed by atoms with Crippen LogP contribution in [-0.4, -0.2) is 16.2 Å². The van der Waals surface area contributed by atoms with Crippen LogP contribution in [0.5, 0.6) is 0 Å². The molecule has 0 saturated carbocycles. The highest BCUT2D eigenvalue weighted by atomic mass is 32.1.